The molecule has 1 aromatic rings. The Labute approximate surface area is 93.9 Å². The molecule has 2 rings (SSSR count). The van der Waals surface area contributed by atoms with Gasteiger partial charge >= 0.3 is 0 Å². The SMILES string of the molecule is Nc1ccc(C(=O)N2CCCC(O)C2)nc1. The second-order valence-electron chi connectivity index (χ2n) is 4.02. The molecule has 0 spiro atoms. The average Bonchev–Trinajstić information content (AvgIpc) is 2.29. The van der Waals surface area contributed by atoms with Crippen LogP contribution in [0.2, 0.25) is 0 Å². The number of piperidine rings is 1. The third-order valence-electron chi connectivity index (χ3n) is 2.69. The van der Waals surface area contributed by atoms with Crippen molar-refractivity contribution in [1.82, 2.24) is 9.88 Å². The van der Waals surface area contributed by atoms with Crippen LogP contribution in [0.1, 0.15) is 23.3 Å². The molecule has 1 aromatic heterocycles. The molecule has 86 valence electrons. The second-order valence-corrected chi connectivity index (χ2v) is 4.02. The molecule has 3 N–H and O–H groups in total. The molecule has 1 amide bonds. The van der Waals surface area contributed by atoms with Gasteiger partial charge in [-0.05, 0) is 25.0 Å². The fraction of sp³-hybridized carbons (Fsp3) is 0.455. The molecule has 1 fully saturated rings. The number of β-amino-alcohol motifs (C(OH)–C–C–N with tert-alkyl or cyclic N) is 1. The fourth-order valence-corrected chi connectivity index (χ4v) is 1.83. The first kappa shape index (κ1) is 10.9. The van der Waals surface area contributed by atoms with Gasteiger partial charge in [0.15, 0.2) is 0 Å². The molecule has 0 radical (unpaired) electrons. The first-order valence-corrected chi connectivity index (χ1v) is 5.35. The molecule has 1 unspecified atom stereocenters. The van der Waals surface area contributed by atoms with Gasteiger partial charge in [-0.15, -0.1) is 0 Å². The van der Waals surface area contributed by atoms with Gasteiger partial charge in [0, 0.05) is 13.1 Å². The molecule has 0 bridgehead atoms. The minimum absolute atomic E-state index is 0.140. The number of nitrogens with zero attached hydrogens (tertiary/aromatic N) is 2. The second kappa shape index (κ2) is 4.49. The molecular weight excluding hydrogens is 206 g/mol. The largest absolute Gasteiger partial charge is 0.397 e. The van der Waals surface area contributed by atoms with Gasteiger partial charge in [0.05, 0.1) is 18.0 Å². The van der Waals surface area contributed by atoms with Gasteiger partial charge in [0.25, 0.3) is 5.91 Å². The Hall–Kier alpha value is -1.62. The summed E-state index contributed by atoms with van der Waals surface area (Å²) in [5, 5.41) is 9.49. The number of carbonyl (C=O) groups is 1. The van der Waals surface area contributed by atoms with Gasteiger partial charge in [-0.25, -0.2) is 4.98 Å². The summed E-state index contributed by atoms with van der Waals surface area (Å²) in [6.07, 6.45) is 2.65. The van der Waals surface area contributed by atoms with Crippen molar-refractivity contribution < 1.29 is 9.90 Å². The van der Waals surface area contributed by atoms with Gasteiger partial charge in [-0.1, -0.05) is 0 Å². The molecule has 0 saturated carbocycles. The standard InChI is InChI=1S/C11H15N3O2/c12-8-3-4-10(13-6-8)11(16)14-5-1-2-9(15)7-14/h3-4,6,9,15H,1-2,5,7,12H2. The Bertz CT molecular complexity index is 377. The average molecular weight is 221 g/mol. The predicted molar refractivity (Wildman–Crippen MR) is 59.8 cm³/mol. The van der Waals surface area contributed by atoms with E-state index in [9.17, 15) is 9.90 Å². The van der Waals surface area contributed by atoms with Crippen molar-refractivity contribution in [2.75, 3.05) is 18.8 Å². The highest BCUT2D eigenvalue weighted by Crippen LogP contribution is 2.13. The van der Waals surface area contributed by atoms with Crippen LogP contribution in [0.3, 0.4) is 0 Å². The smallest absolute Gasteiger partial charge is 0.272 e. The highest BCUT2D eigenvalue weighted by molar-refractivity contribution is 5.92. The Morgan fingerprint density at radius 2 is 2.38 bits per heavy atom. The minimum atomic E-state index is -0.411. The first-order valence-electron chi connectivity index (χ1n) is 5.35. The third kappa shape index (κ3) is 2.30. The van der Waals surface area contributed by atoms with E-state index >= 15 is 0 Å². The zero-order valence-corrected chi connectivity index (χ0v) is 8.97. The number of likely N-dealkylation sites (tertiary alicyclic amines) is 1. The quantitative estimate of drug-likeness (QED) is 0.713. The number of aromatic nitrogens is 1. The normalized spacial score (nSPS) is 20.8. The van der Waals surface area contributed by atoms with E-state index < -0.39 is 6.10 Å². The topological polar surface area (TPSA) is 79.5 Å². The van der Waals surface area contributed by atoms with Crippen molar-refractivity contribution in [1.29, 1.82) is 0 Å². The molecule has 5 heteroatoms. The van der Waals surface area contributed by atoms with Crippen LogP contribution in [-0.2, 0) is 0 Å². The van der Waals surface area contributed by atoms with Gasteiger partial charge < -0.3 is 15.7 Å². The number of aliphatic hydroxyl groups excluding tert-OH is 1. The molecule has 1 atom stereocenters. The van der Waals surface area contributed by atoms with Crippen LogP contribution in [0.4, 0.5) is 5.69 Å². The fourth-order valence-electron chi connectivity index (χ4n) is 1.83. The number of amides is 1. The van der Waals surface area contributed by atoms with E-state index in [0.29, 0.717) is 24.5 Å². The number of hydrogen-bond acceptors (Lipinski definition) is 4. The number of carbonyl (C=O) groups excluding carboxylic acids is 1. The Balaban J connectivity index is 2.09. The third-order valence-corrected chi connectivity index (χ3v) is 2.69. The number of anilines is 1. The summed E-state index contributed by atoms with van der Waals surface area (Å²) in [5.41, 5.74) is 6.42. The molecular formula is C11H15N3O2. The van der Waals surface area contributed by atoms with Crippen molar-refractivity contribution in [3.8, 4) is 0 Å². The van der Waals surface area contributed by atoms with Crippen LogP contribution >= 0.6 is 0 Å². The van der Waals surface area contributed by atoms with E-state index in [4.69, 9.17) is 5.73 Å². The molecule has 16 heavy (non-hydrogen) atoms. The maximum Gasteiger partial charge on any atom is 0.272 e. The van der Waals surface area contributed by atoms with Crippen LogP contribution in [0, 0.1) is 0 Å². The van der Waals surface area contributed by atoms with Crippen LogP contribution in [0.5, 0.6) is 0 Å². The lowest BCUT2D eigenvalue weighted by Crippen LogP contribution is -2.42. The summed E-state index contributed by atoms with van der Waals surface area (Å²) in [4.78, 5) is 17.6. The van der Waals surface area contributed by atoms with Gasteiger partial charge in [0.2, 0.25) is 0 Å². The summed E-state index contributed by atoms with van der Waals surface area (Å²) in [6, 6.07) is 3.26. The lowest BCUT2D eigenvalue weighted by molar-refractivity contribution is 0.0469. The Morgan fingerprint density at radius 3 is 3.00 bits per heavy atom. The number of aliphatic hydroxyl groups is 1. The summed E-state index contributed by atoms with van der Waals surface area (Å²) in [7, 11) is 0. The van der Waals surface area contributed by atoms with Crippen LogP contribution in [0.25, 0.3) is 0 Å². The monoisotopic (exact) mass is 221 g/mol. The number of pyridine rings is 1. The van der Waals surface area contributed by atoms with Crippen molar-refractivity contribution >= 4 is 11.6 Å². The van der Waals surface area contributed by atoms with E-state index in [1.807, 2.05) is 0 Å². The van der Waals surface area contributed by atoms with Gasteiger partial charge in [-0.2, -0.15) is 0 Å². The molecule has 1 aliphatic heterocycles. The zero-order chi connectivity index (χ0) is 11.5. The molecule has 1 saturated heterocycles. The van der Waals surface area contributed by atoms with Crippen molar-refractivity contribution in [2.45, 2.75) is 18.9 Å². The van der Waals surface area contributed by atoms with Crippen LogP contribution in [0.15, 0.2) is 18.3 Å². The Kier molecular flexibility index (Phi) is 3.05. The number of rotatable bonds is 1. The Morgan fingerprint density at radius 1 is 1.56 bits per heavy atom. The summed E-state index contributed by atoms with van der Waals surface area (Å²) in [6.45, 7) is 1.08. The number of nitrogen functional groups attached to an aromatic ring is 1. The van der Waals surface area contributed by atoms with Crippen molar-refractivity contribution in [3.63, 3.8) is 0 Å². The minimum Gasteiger partial charge on any atom is -0.397 e. The van der Waals surface area contributed by atoms with E-state index in [0.717, 1.165) is 12.8 Å². The van der Waals surface area contributed by atoms with E-state index in [2.05, 4.69) is 4.98 Å². The van der Waals surface area contributed by atoms with E-state index in [1.165, 1.54) is 6.20 Å². The maximum absolute atomic E-state index is 12.0. The maximum atomic E-state index is 12.0. The van der Waals surface area contributed by atoms with Crippen molar-refractivity contribution in [2.24, 2.45) is 0 Å². The number of nitrogens with two attached hydrogens (primary N) is 1. The highest BCUT2D eigenvalue weighted by atomic mass is 16.3. The zero-order valence-electron chi connectivity index (χ0n) is 8.97. The first-order chi connectivity index (χ1) is 7.66. The van der Waals surface area contributed by atoms with Gasteiger partial charge in [0.1, 0.15) is 5.69 Å². The summed E-state index contributed by atoms with van der Waals surface area (Å²) in [5.74, 6) is -0.140. The predicted octanol–water partition coefficient (Wildman–Crippen LogP) is 0.261. The van der Waals surface area contributed by atoms with Crippen LogP contribution < -0.4 is 5.73 Å². The lowest BCUT2D eigenvalue weighted by atomic mass is 10.1. The van der Waals surface area contributed by atoms with E-state index in [1.54, 1.807) is 17.0 Å². The van der Waals surface area contributed by atoms with Gasteiger partial charge in [-0.3, -0.25) is 4.79 Å². The lowest BCUT2D eigenvalue weighted by Gasteiger charge is -2.29. The number of hydrogen-bond donors (Lipinski definition) is 2. The summed E-state index contributed by atoms with van der Waals surface area (Å²) >= 11 is 0. The van der Waals surface area contributed by atoms with Crippen molar-refractivity contribution in [3.05, 3.63) is 24.0 Å². The van der Waals surface area contributed by atoms with E-state index in [-0.39, 0.29) is 5.91 Å². The molecule has 2 heterocycles. The molecule has 0 aliphatic carbocycles. The molecule has 5 nitrogen and oxygen atoms in total. The highest BCUT2D eigenvalue weighted by Gasteiger charge is 2.23. The molecule has 0 aromatic carbocycles. The van der Waals surface area contributed by atoms with Crippen LogP contribution in [-0.4, -0.2) is 40.1 Å². The molecule has 1 aliphatic rings. The summed E-state index contributed by atoms with van der Waals surface area (Å²) < 4.78 is 0.